The fourth-order valence-electron chi connectivity index (χ4n) is 3.17. The lowest BCUT2D eigenvalue weighted by atomic mass is 9.82. The van der Waals surface area contributed by atoms with Gasteiger partial charge in [-0.2, -0.15) is 0 Å². The van der Waals surface area contributed by atoms with Gasteiger partial charge in [0, 0.05) is 16.1 Å². The Labute approximate surface area is 106 Å². The number of fused-ring (bicyclic) bond motifs is 1. The highest BCUT2D eigenvalue weighted by Crippen LogP contribution is 2.44. The topological polar surface area (TPSA) is 32.3 Å². The SMILES string of the molecule is C/C=C1\NC(C2CCC[C@@H](O)C2)c2sccc21. The number of rotatable bonds is 1. The molecule has 0 aromatic carbocycles. The van der Waals surface area contributed by atoms with Gasteiger partial charge in [-0.1, -0.05) is 12.5 Å². The summed E-state index contributed by atoms with van der Waals surface area (Å²) in [6.07, 6.45) is 6.40. The van der Waals surface area contributed by atoms with Crippen molar-refractivity contribution in [3.8, 4) is 0 Å². The zero-order chi connectivity index (χ0) is 11.8. The van der Waals surface area contributed by atoms with Crippen LogP contribution >= 0.6 is 11.3 Å². The summed E-state index contributed by atoms with van der Waals surface area (Å²) in [6.45, 7) is 2.09. The molecule has 0 radical (unpaired) electrons. The summed E-state index contributed by atoms with van der Waals surface area (Å²) < 4.78 is 0. The van der Waals surface area contributed by atoms with E-state index in [4.69, 9.17) is 0 Å². The van der Waals surface area contributed by atoms with Crippen molar-refractivity contribution >= 4 is 17.0 Å². The van der Waals surface area contributed by atoms with Crippen LogP contribution in [0.15, 0.2) is 17.5 Å². The Kier molecular flexibility index (Phi) is 2.97. The van der Waals surface area contributed by atoms with Crippen LogP contribution in [0.25, 0.3) is 5.70 Å². The summed E-state index contributed by atoms with van der Waals surface area (Å²) in [5.74, 6) is 0.591. The summed E-state index contributed by atoms with van der Waals surface area (Å²) in [7, 11) is 0. The molecule has 3 heteroatoms. The van der Waals surface area contributed by atoms with E-state index in [0.717, 1.165) is 19.3 Å². The van der Waals surface area contributed by atoms with Crippen LogP contribution in [0.2, 0.25) is 0 Å². The van der Waals surface area contributed by atoms with Crippen LogP contribution in [0.5, 0.6) is 0 Å². The van der Waals surface area contributed by atoms with Crippen LogP contribution in [-0.4, -0.2) is 11.2 Å². The first-order valence-electron chi connectivity index (χ1n) is 6.48. The van der Waals surface area contributed by atoms with Gasteiger partial charge in [-0.15, -0.1) is 11.3 Å². The van der Waals surface area contributed by atoms with Crippen LogP contribution in [0, 0.1) is 5.92 Å². The van der Waals surface area contributed by atoms with E-state index in [-0.39, 0.29) is 6.10 Å². The number of hydrogen-bond acceptors (Lipinski definition) is 3. The molecule has 1 aromatic rings. The fourth-order valence-corrected chi connectivity index (χ4v) is 4.22. The van der Waals surface area contributed by atoms with Gasteiger partial charge in [-0.05, 0) is 43.6 Å². The first kappa shape index (κ1) is 11.3. The number of aliphatic hydroxyl groups excluding tert-OH is 1. The van der Waals surface area contributed by atoms with Gasteiger partial charge in [-0.3, -0.25) is 0 Å². The van der Waals surface area contributed by atoms with E-state index in [1.807, 2.05) is 11.3 Å². The van der Waals surface area contributed by atoms with E-state index in [1.54, 1.807) is 0 Å². The lowest BCUT2D eigenvalue weighted by Gasteiger charge is -2.30. The van der Waals surface area contributed by atoms with Crippen LogP contribution < -0.4 is 5.32 Å². The van der Waals surface area contributed by atoms with Crippen LogP contribution in [0.4, 0.5) is 0 Å². The van der Waals surface area contributed by atoms with E-state index < -0.39 is 0 Å². The van der Waals surface area contributed by atoms with Crippen molar-refractivity contribution in [2.45, 2.75) is 44.8 Å². The monoisotopic (exact) mass is 249 g/mol. The van der Waals surface area contributed by atoms with Crippen molar-refractivity contribution in [1.82, 2.24) is 5.32 Å². The van der Waals surface area contributed by atoms with E-state index in [0.29, 0.717) is 12.0 Å². The van der Waals surface area contributed by atoms with Gasteiger partial charge >= 0.3 is 0 Å². The van der Waals surface area contributed by atoms with Crippen molar-refractivity contribution in [3.63, 3.8) is 0 Å². The molecule has 1 aromatic heterocycles. The molecule has 0 saturated heterocycles. The normalized spacial score (nSPS) is 34.7. The Bertz CT molecular complexity index is 437. The zero-order valence-electron chi connectivity index (χ0n) is 10.1. The number of hydrogen-bond donors (Lipinski definition) is 2. The summed E-state index contributed by atoms with van der Waals surface area (Å²) >= 11 is 1.85. The summed E-state index contributed by atoms with van der Waals surface area (Å²) in [5.41, 5.74) is 2.65. The van der Waals surface area contributed by atoms with Gasteiger partial charge in [0.1, 0.15) is 0 Å². The number of nitrogens with one attached hydrogen (secondary N) is 1. The minimum absolute atomic E-state index is 0.0892. The second kappa shape index (κ2) is 4.46. The molecule has 3 atom stereocenters. The molecule has 1 fully saturated rings. The van der Waals surface area contributed by atoms with E-state index in [2.05, 4.69) is 29.8 Å². The highest BCUT2D eigenvalue weighted by Gasteiger charge is 2.35. The molecular weight excluding hydrogens is 230 g/mol. The summed E-state index contributed by atoms with van der Waals surface area (Å²) in [6, 6.07) is 2.65. The number of allylic oxidation sites excluding steroid dienone is 1. The van der Waals surface area contributed by atoms with Crippen molar-refractivity contribution in [1.29, 1.82) is 0 Å². The summed E-state index contributed by atoms with van der Waals surface area (Å²) in [5, 5.41) is 15.6. The fraction of sp³-hybridized carbons (Fsp3) is 0.571. The predicted molar refractivity (Wildman–Crippen MR) is 71.8 cm³/mol. The molecule has 2 nitrogen and oxygen atoms in total. The van der Waals surface area contributed by atoms with Crippen LogP contribution in [-0.2, 0) is 0 Å². The molecular formula is C14H19NOS. The van der Waals surface area contributed by atoms with Crippen LogP contribution in [0.1, 0.15) is 49.1 Å². The van der Waals surface area contributed by atoms with Crippen LogP contribution in [0.3, 0.4) is 0 Å². The smallest absolute Gasteiger partial charge is 0.0642 e. The van der Waals surface area contributed by atoms with E-state index >= 15 is 0 Å². The third kappa shape index (κ3) is 1.91. The van der Waals surface area contributed by atoms with E-state index in [9.17, 15) is 5.11 Å². The molecule has 2 aliphatic rings. The lowest BCUT2D eigenvalue weighted by Crippen LogP contribution is -2.28. The highest BCUT2D eigenvalue weighted by molar-refractivity contribution is 7.10. The Morgan fingerprint density at radius 3 is 3.12 bits per heavy atom. The van der Waals surface area contributed by atoms with Crippen molar-refractivity contribution in [2.75, 3.05) is 0 Å². The number of thiophene rings is 1. The van der Waals surface area contributed by atoms with Gasteiger partial charge in [0.2, 0.25) is 0 Å². The molecule has 0 spiro atoms. The molecule has 1 aliphatic heterocycles. The molecule has 1 aliphatic carbocycles. The Balaban J connectivity index is 1.86. The van der Waals surface area contributed by atoms with Gasteiger partial charge in [0.05, 0.1) is 12.1 Å². The second-order valence-corrected chi connectivity index (χ2v) is 6.05. The maximum absolute atomic E-state index is 9.82. The molecule has 1 saturated carbocycles. The van der Waals surface area contributed by atoms with Gasteiger partial charge in [0.25, 0.3) is 0 Å². The molecule has 2 heterocycles. The summed E-state index contributed by atoms with van der Waals surface area (Å²) in [4.78, 5) is 1.47. The number of aliphatic hydroxyl groups is 1. The predicted octanol–water partition coefficient (Wildman–Crippen LogP) is 3.30. The van der Waals surface area contributed by atoms with Gasteiger partial charge in [-0.25, -0.2) is 0 Å². The van der Waals surface area contributed by atoms with Crippen molar-refractivity contribution < 1.29 is 5.11 Å². The molecule has 2 unspecified atom stereocenters. The molecule has 92 valence electrons. The van der Waals surface area contributed by atoms with Crippen molar-refractivity contribution in [2.24, 2.45) is 5.92 Å². The molecule has 2 N–H and O–H groups in total. The average Bonchev–Trinajstić information content (AvgIpc) is 2.89. The quantitative estimate of drug-likeness (QED) is 0.800. The highest BCUT2D eigenvalue weighted by atomic mass is 32.1. The van der Waals surface area contributed by atoms with Gasteiger partial charge in [0.15, 0.2) is 0 Å². The molecule has 3 rings (SSSR count). The van der Waals surface area contributed by atoms with Gasteiger partial charge < -0.3 is 10.4 Å². The molecule has 0 bridgehead atoms. The molecule has 17 heavy (non-hydrogen) atoms. The zero-order valence-corrected chi connectivity index (χ0v) is 11.0. The Morgan fingerprint density at radius 2 is 2.35 bits per heavy atom. The first-order valence-corrected chi connectivity index (χ1v) is 7.36. The first-order chi connectivity index (χ1) is 8.29. The second-order valence-electron chi connectivity index (χ2n) is 5.10. The largest absolute Gasteiger partial charge is 0.393 e. The Hall–Kier alpha value is -0.800. The van der Waals surface area contributed by atoms with E-state index in [1.165, 1.54) is 22.6 Å². The minimum Gasteiger partial charge on any atom is -0.393 e. The maximum atomic E-state index is 9.82. The lowest BCUT2D eigenvalue weighted by molar-refractivity contribution is 0.0906. The minimum atomic E-state index is -0.0892. The third-order valence-electron chi connectivity index (χ3n) is 4.03. The third-order valence-corrected chi connectivity index (χ3v) is 5.03. The molecule has 0 amide bonds. The van der Waals surface area contributed by atoms with Crippen molar-refractivity contribution in [3.05, 3.63) is 28.0 Å². The average molecular weight is 249 g/mol. The maximum Gasteiger partial charge on any atom is 0.0642 e. The Morgan fingerprint density at radius 1 is 1.47 bits per heavy atom. The standard InChI is InChI=1S/C14H19NOS/c1-2-12-11-6-7-17-14(11)13(15-12)9-4-3-5-10(16)8-9/h2,6-7,9-10,13,15-16H,3-5,8H2,1H3/b12-2-/t9?,10-,13?/m1/s1.